The van der Waals surface area contributed by atoms with Crippen LogP contribution in [-0.4, -0.2) is 74.1 Å². The number of amides is 1. The minimum absolute atomic E-state index is 0.0442. The van der Waals surface area contributed by atoms with Crippen molar-refractivity contribution in [1.82, 2.24) is 10.2 Å². The molecule has 2 aromatic rings. The summed E-state index contributed by atoms with van der Waals surface area (Å²) in [6.07, 6.45) is 4.87. The number of aryl methyl sites for hydroxylation is 2. The molecule has 39 heavy (non-hydrogen) atoms. The minimum Gasteiger partial charge on any atom is -0.491 e. The molecule has 0 aromatic heterocycles. The zero-order valence-corrected chi connectivity index (χ0v) is 25.0. The van der Waals surface area contributed by atoms with E-state index in [2.05, 4.69) is 22.5 Å². The van der Waals surface area contributed by atoms with Crippen molar-refractivity contribution in [2.75, 3.05) is 45.3 Å². The number of para-hydroxylation sites is 1. The van der Waals surface area contributed by atoms with Crippen molar-refractivity contribution in [3.05, 3.63) is 59.2 Å². The number of methoxy groups -OCH3 is 1. The number of ether oxygens (including phenoxy) is 2. The normalized spacial score (nSPS) is 16.4. The summed E-state index contributed by atoms with van der Waals surface area (Å²) in [7, 11) is 1.70. The van der Waals surface area contributed by atoms with Crippen LogP contribution in [0.4, 0.5) is 5.69 Å². The number of aliphatic hydroxyl groups excluding tert-OH is 1. The number of hydrogen-bond donors (Lipinski definition) is 3. The standard InChI is InChI=1S/C17H26N2O.C15H25NO3/c1-4-11-19-12-6-5-10-15(19)17(20)18-16-13(2)8-7-9-14(16)3;1-12(2)16-10-14(17)11-19-15-6-4-13(5-7-15)8-9-18-3/h7-9,15H,4-6,10-12H2,1-3H3,(H,18,20);4-7,12,14,16-17H,8-11H2,1-3H3/t15-;/m0./s1. The van der Waals surface area contributed by atoms with Gasteiger partial charge < -0.3 is 25.2 Å². The molecule has 3 N–H and O–H groups in total. The number of likely N-dealkylation sites (tertiary alicyclic amines) is 1. The Kier molecular flexibility index (Phi) is 15.1. The summed E-state index contributed by atoms with van der Waals surface area (Å²) in [6, 6.07) is 14.4. The number of hydrogen-bond acceptors (Lipinski definition) is 6. The summed E-state index contributed by atoms with van der Waals surface area (Å²) < 4.78 is 10.6. The van der Waals surface area contributed by atoms with E-state index in [0.29, 0.717) is 19.2 Å². The number of carbonyl (C=O) groups excluding carboxylic acids is 1. The van der Waals surface area contributed by atoms with Gasteiger partial charge in [0.15, 0.2) is 0 Å². The molecule has 2 aromatic carbocycles. The molecular weight excluding hydrogens is 490 g/mol. The van der Waals surface area contributed by atoms with E-state index in [1.165, 1.54) is 12.0 Å². The van der Waals surface area contributed by atoms with E-state index in [0.717, 1.165) is 67.9 Å². The number of piperidine rings is 1. The Bertz CT molecular complexity index is 942. The van der Waals surface area contributed by atoms with Crippen LogP contribution in [0.1, 0.15) is 63.1 Å². The first-order chi connectivity index (χ1) is 18.7. The highest BCUT2D eigenvalue weighted by Crippen LogP contribution is 2.23. The first kappa shape index (κ1) is 32.8. The van der Waals surface area contributed by atoms with Crippen LogP contribution in [-0.2, 0) is 16.0 Å². The molecule has 0 saturated carbocycles. The number of rotatable bonds is 13. The summed E-state index contributed by atoms with van der Waals surface area (Å²) in [4.78, 5) is 14.9. The fourth-order valence-corrected chi connectivity index (χ4v) is 4.66. The average molecular weight is 542 g/mol. The van der Waals surface area contributed by atoms with Gasteiger partial charge in [0, 0.05) is 25.4 Å². The van der Waals surface area contributed by atoms with Gasteiger partial charge in [-0.1, -0.05) is 57.5 Å². The summed E-state index contributed by atoms with van der Waals surface area (Å²) in [5, 5.41) is 16.1. The summed E-state index contributed by atoms with van der Waals surface area (Å²) in [6.45, 7) is 14.0. The molecule has 3 rings (SSSR count). The van der Waals surface area contributed by atoms with E-state index < -0.39 is 6.10 Å². The van der Waals surface area contributed by atoms with Gasteiger partial charge in [-0.25, -0.2) is 0 Å². The topological polar surface area (TPSA) is 83.1 Å². The van der Waals surface area contributed by atoms with Crippen LogP contribution in [0, 0.1) is 13.8 Å². The Morgan fingerprint density at radius 3 is 2.41 bits per heavy atom. The molecule has 1 saturated heterocycles. The molecule has 0 bridgehead atoms. The molecule has 7 heteroatoms. The lowest BCUT2D eigenvalue weighted by Crippen LogP contribution is -2.47. The first-order valence-corrected chi connectivity index (χ1v) is 14.5. The van der Waals surface area contributed by atoms with Crippen LogP contribution >= 0.6 is 0 Å². The van der Waals surface area contributed by atoms with Gasteiger partial charge in [0.2, 0.25) is 5.91 Å². The second kappa shape index (κ2) is 18.0. The number of carbonyl (C=O) groups is 1. The highest BCUT2D eigenvalue weighted by molar-refractivity contribution is 5.96. The van der Waals surface area contributed by atoms with Gasteiger partial charge in [-0.3, -0.25) is 9.69 Å². The quantitative estimate of drug-likeness (QED) is 0.327. The van der Waals surface area contributed by atoms with E-state index in [9.17, 15) is 9.90 Å². The average Bonchev–Trinajstić information content (AvgIpc) is 2.93. The van der Waals surface area contributed by atoms with E-state index in [4.69, 9.17) is 9.47 Å². The Morgan fingerprint density at radius 2 is 1.79 bits per heavy atom. The van der Waals surface area contributed by atoms with Crippen molar-refractivity contribution in [2.24, 2.45) is 0 Å². The molecule has 0 spiro atoms. The zero-order valence-electron chi connectivity index (χ0n) is 25.0. The van der Waals surface area contributed by atoms with Crippen LogP contribution in [0.2, 0.25) is 0 Å². The van der Waals surface area contributed by atoms with Gasteiger partial charge in [0.25, 0.3) is 0 Å². The largest absolute Gasteiger partial charge is 0.491 e. The molecule has 2 atom stereocenters. The maximum atomic E-state index is 12.6. The smallest absolute Gasteiger partial charge is 0.241 e. The molecule has 1 aliphatic rings. The number of aliphatic hydroxyl groups is 1. The third kappa shape index (κ3) is 12.1. The van der Waals surface area contributed by atoms with Gasteiger partial charge >= 0.3 is 0 Å². The van der Waals surface area contributed by atoms with Crippen LogP contribution < -0.4 is 15.4 Å². The number of nitrogens with zero attached hydrogens (tertiary/aromatic N) is 1. The van der Waals surface area contributed by atoms with Crippen molar-refractivity contribution in [3.63, 3.8) is 0 Å². The Labute approximate surface area is 236 Å². The van der Waals surface area contributed by atoms with Crippen LogP contribution in [0.15, 0.2) is 42.5 Å². The predicted octanol–water partition coefficient (Wildman–Crippen LogP) is 5.12. The van der Waals surface area contributed by atoms with Crippen LogP contribution in [0.5, 0.6) is 5.75 Å². The lowest BCUT2D eigenvalue weighted by Gasteiger charge is -2.34. The third-order valence-electron chi connectivity index (χ3n) is 6.88. The zero-order chi connectivity index (χ0) is 28.6. The van der Waals surface area contributed by atoms with Crippen molar-refractivity contribution < 1.29 is 19.4 Å². The van der Waals surface area contributed by atoms with Crippen molar-refractivity contribution >= 4 is 11.6 Å². The summed E-state index contributed by atoms with van der Waals surface area (Å²) >= 11 is 0. The fraction of sp³-hybridized carbons (Fsp3) is 0.594. The SMILES string of the molecule is CCCN1CCCC[C@H]1C(=O)Nc1c(C)cccc1C.COCCc1ccc(OCC(O)CNC(C)C)cc1. The third-order valence-corrected chi connectivity index (χ3v) is 6.88. The van der Waals surface area contributed by atoms with Gasteiger partial charge in [-0.2, -0.15) is 0 Å². The molecule has 0 radical (unpaired) electrons. The van der Waals surface area contributed by atoms with Gasteiger partial charge in [0.05, 0.1) is 12.6 Å². The highest BCUT2D eigenvalue weighted by atomic mass is 16.5. The molecule has 218 valence electrons. The number of benzene rings is 2. The molecule has 1 fully saturated rings. The molecule has 7 nitrogen and oxygen atoms in total. The number of anilines is 1. The van der Waals surface area contributed by atoms with E-state index >= 15 is 0 Å². The second-order valence-corrected chi connectivity index (χ2v) is 10.7. The molecule has 1 unspecified atom stereocenters. The molecule has 1 aliphatic heterocycles. The Balaban J connectivity index is 0.000000274. The highest BCUT2D eigenvalue weighted by Gasteiger charge is 2.28. The fourth-order valence-electron chi connectivity index (χ4n) is 4.66. The molecule has 0 aliphatic carbocycles. The van der Waals surface area contributed by atoms with Gasteiger partial charge in [0.1, 0.15) is 18.5 Å². The van der Waals surface area contributed by atoms with E-state index in [1.54, 1.807) is 7.11 Å². The minimum atomic E-state index is -0.490. The van der Waals surface area contributed by atoms with Crippen LogP contribution in [0.3, 0.4) is 0 Å². The maximum absolute atomic E-state index is 12.6. The maximum Gasteiger partial charge on any atom is 0.241 e. The van der Waals surface area contributed by atoms with Crippen molar-refractivity contribution in [3.8, 4) is 5.75 Å². The second-order valence-electron chi connectivity index (χ2n) is 10.7. The van der Waals surface area contributed by atoms with Gasteiger partial charge in [-0.05, 0) is 81.4 Å². The molecule has 1 heterocycles. The summed E-state index contributed by atoms with van der Waals surface area (Å²) in [5.74, 6) is 0.945. The van der Waals surface area contributed by atoms with E-state index in [-0.39, 0.29) is 11.9 Å². The van der Waals surface area contributed by atoms with Crippen LogP contribution in [0.25, 0.3) is 0 Å². The lowest BCUT2D eigenvalue weighted by atomic mass is 10.0. The first-order valence-electron chi connectivity index (χ1n) is 14.5. The lowest BCUT2D eigenvalue weighted by molar-refractivity contribution is -0.122. The molecular formula is C32H51N3O4. The predicted molar refractivity (Wildman–Crippen MR) is 161 cm³/mol. The molecule has 1 amide bonds. The number of nitrogens with one attached hydrogen (secondary N) is 2. The summed E-state index contributed by atoms with van der Waals surface area (Å²) in [5.41, 5.74) is 4.48. The Morgan fingerprint density at radius 1 is 1.10 bits per heavy atom. The monoisotopic (exact) mass is 541 g/mol. The van der Waals surface area contributed by atoms with Crippen molar-refractivity contribution in [1.29, 1.82) is 0 Å². The van der Waals surface area contributed by atoms with Crippen molar-refractivity contribution in [2.45, 2.75) is 84.9 Å². The van der Waals surface area contributed by atoms with E-state index in [1.807, 2.05) is 70.2 Å². The van der Waals surface area contributed by atoms with Gasteiger partial charge in [-0.15, -0.1) is 0 Å². The Hall–Kier alpha value is -2.45.